The first-order valence-corrected chi connectivity index (χ1v) is 7.31. The maximum absolute atomic E-state index is 5.86. The number of morpholine rings is 1. The van der Waals surface area contributed by atoms with Crippen molar-refractivity contribution in [3.8, 4) is 0 Å². The van der Waals surface area contributed by atoms with Gasteiger partial charge in [0.1, 0.15) is 12.1 Å². The van der Waals surface area contributed by atoms with Gasteiger partial charge in [0, 0.05) is 37.2 Å². The fourth-order valence-electron chi connectivity index (χ4n) is 2.79. The predicted octanol–water partition coefficient (Wildman–Crippen LogP) is 0.535. The molecule has 4 heterocycles. The van der Waals surface area contributed by atoms with Crippen LogP contribution in [-0.2, 0) is 11.3 Å². The normalized spacial score (nSPS) is 19.0. The van der Waals surface area contributed by atoms with Gasteiger partial charge in [-0.1, -0.05) is 0 Å². The van der Waals surface area contributed by atoms with Crippen molar-refractivity contribution in [1.82, 2.24) is 29.4 Å². The Bertz CT molecular complexity index is 767. The van der Waals surface area contributed by atoms with E-state index in [2.05, 4.69) is 25.1 Å². The van der Waals surface area contributed by atoms with Gasteiger partial charge in [-0.3, -0.25) is 4.68 Å². The van der Waals surface area contributed by atoms with E-state index in [1.165, 1.54) is 6.33 Å². The van der Waals surface area contributed by atoms with E-state index in [1.807, 2.05) is 29.9 Å². The average molecular weight is 299 g/mol. The number of fused-ring (bicyclic) bond motifs is 1. The van der Waals surface area contributed by atoms with E-state index in [-0.39, 0.29) is 6.10 Å². The lowest BCUT2D eigenvalue weighted by Crippen LogP contribution is -2.45. The third-order valence-corrected chi connectivity index (χ3v) is 3.77. The van der Waals surface area contributed by atoms with Gasteiger partial charge < -0.3 is 9.64 Å². The summed E-state index contributed by atoms with van der Waals surface area (Å²) in [6.45, 7) is 5.02. The first-order valence-electron chi connectivity index (χ1n) is 7.31. The van der Waals surface area contributed by atoms with Crippen molar-refractivity contribution < 1.29 is 4.74 Å². The van der Waals surface area contributed by atoms with E-state index in [0.29, 0.717) is 12.4 Å². The zero-order chi connectivity index (χ0) is 14.9. The van der Waals surface area contributed by atoms with Crippen molar-refractivity contribution >= 4 is 11.6 Å². The van der Waals surface area contributed by atoms with Crippen molar-refractivity contribution in [1.29, 1.82) is 0 Å². The monoisotopic (exact) mass is 299 g/mol. The Labute approximate surface area is 127 Å². The van der Waals surface area contributed by atoms with Gasteiger partial charge in [0.05, 0.1) is 19.3 Å². The molecule has 1 atom stereocenters. The Kier molecular flexibility index (Phi) is 3.23. The molecule has 0 unspecified atom stereocenters. The highest BCUT2D eigenvalue weighted by Crippen LogP contribution is 2.19. The number of hydrogen-bond donors (Lipinski definition) is 0. The van der Waals surface area contributed by atoms with E-state index in [9.17, 15) is 0 Å². The van der Waals surface area contributed by atoms with Crippen molar-refractivity contribution in [2.45, 2.75) is 19.6 Å². The summed E-state index contributed by atoms with van der Waals surface area (Å²) < 4.78 is 9.54. The summed E-state index contributed by atoms with van der Waals surface area (Å²) in [4.78, 5) is 10.8. The molecule has 3 aromatic heterocycles. The topological polar surface area (TPSA) is 73.4 Å². The van der Waals surface area contributed by atoms with Crippen LogP contribution in [0.15, 0.2) is 30.9 Å². The molecule has 1 fully saturated rings. The summed E-state index contributed by atoms with van der Waals surface area (Å²) in [5.41, 5.74) is 0.936. The number of ether oxygens (including phenoxy) is 1. The fraction of sp³-hybridized carbons (Fsp3) is 0.429. The summed E-state index contributed by atoms with van der Waals surface area (Å²) in [5.74, 6) is 1.64. The highest BCUT2D eigenvalue weighted by molar-refractivity contribution is 5.47. The van der Waals surface area contributed by atoms with E-state index >= 15 is 0 Å². The average Bonchev–Trinajstić information content (AvgIpc) is 3.18. The molecule has 0 amide bonds. The predicted molar refractivity (Wildman–Crippen MR) is 79.7 cm³/mol. The number of aromatic nitrogens is 6. The smallest absolute Gasteiger partial charge is 0.254 e. The quantitative estimate of drug-likeness (QED) is 0.702. The first kappa shape index (κ1) is 13.2. The minimum absolute atomic E-state index is 0.0979. The van der Waals surface area contributed by atoms with Gasteiger partial charge in [-0.15, -0.1) is 0 Å². The van der Waals surface area contributed by atoms with Crippen LogP contribution in [0.25, 0.3) is 5.78 Å². The molecule has 0 saturated carbocycles. The lowest BCUT2D eigenvalue weighted by atomic mass is 10.2. The summed E-state index contributed by atoms with van der Waals surface area (Å²) >= 11 is 0. The van der Waals surface area contributed by atoms with Gasteiger partial charge in [0.15, 0.2) is 0 Å². The molecule has 114 valence electrons. The van der Waals surface area contributed by atoms with Gasteiger partial charge >= 0.3 is 0 Å². The summed E-state index contributed by atoms with van der Waals surface area (Å²) in [5, 5.41) is 8.52. The molecule has 1 aliphatic heterocycles. The second kappa shape index (κ2) is 5.38. The molecule has 22 heavy (non-hydrogen) atoms. The fourth-order valence-corrected chi connectivity index (χ4v) is 2.79. The number of nitrogens with zero attached hydrogens (tertiary/aromatic N) is 7. The molecular weight excluding hydrogens is 282 g/mol. The van der Waals surface area contributed by atoms with E-state index in [1.54, 1.807) is 10.7 Å². The number of aryl methyl sites for hydroxylation is 1. The zero-order valence-electron chi connectivity index (χ0n) is 12.3. The second-order valence-corrected chi connectivity index (χ2v) is 5.39. The first-order chi connectivity index (χ1) is 10.8. The molecule has 4 rings (SSSR count). The molecule has 3 aromatic rings. The van der Waals surface area contributed by atoms with Crippen LogP contribution in [0, 0.1) is 6.92 Å². The van der Waals surface area contributed by atoms with Crippen molar-refractivity contribution in [2.75, 3.05) is 24.6 Å². The van der Waals surface area contributed by atoms with Crippen molar-refractivity contribution in [2.24, 2.45) is 0 Å². The Balaban J connectivity index is 1.59. The Morgan fingerprint density at radius 3 is 3.18 bits per heavy atom. The van der Waals surface area contributed by atoms with Gasteiger partial charge in [0.25, 0.3) is 5.78 Å². The third kappa shape index (κ3) is 2.41. The summed E-state index contributed by atoms with van der Waals surface area (Å²) in [6, 6.07) is 3.96. The van der Waals surface area contributed by atoms with Crippen LogP contribution >= 0.6 is 0 Å². The van der Waals surface area contributed by atoms with E-state index in [4.69, 9.17) is 4.74 Å². The van der Waals surface area contributed by atoms with Crippen molar-refractivity contribution in [3.63, 3.8) is 0 Å². The van der Waals surface area contributed by atoms with Gasteiger partial charge in [0.2, 0.25) is 0 Å². The minimum Gasteiger partial charge on any atom is -0.373 e. The maximum atomic E-state index is 5.86. The lowest BCUT2D eigenvalue weighted by molar-refractivity contribution is 0.0270. The molecule has 8 nitrogen and oxygen atoms in total. The molecule has 8 heteroatoms. The highest BCUT2D eigenvalue weighted by Gasteiger charge is 2.23. The van der Waals surface area contributed by atoms with Gasteiger partial charge in [-0.2, -0.15) is 19.7 Å². The van der Waals surface area contributed by atoms with Crippen LogP contribution in [0.1, 0.15) is 5.69 Å². The lowest BCUT2D eigenvalue weighted by Gasteiger charge is -2.34. The SMILES string of the molecule is Cc1cc(N2CCO[C@H](Cn3cccn3)C2)n2ncnc2n1. The maximum Gasteiger partial charge on any atom is 0.254 e. The van der Waals surface area contributed by atoms with Crippen LogP contribution < -0.4 is 4.90 Å². The molecule has 0 radical (unpaired) electrons. The molecule has 0 aliphatic carbocycles. The second-order valence-electron chi connectivity index (χ2n) is 5.39. The van der Waals surface area contributed by atoms with Crippen molar-refractivity contribution in [3.05, 3.63) is 36.5 Å². The molecule has 0 bridgehead atoms. The minimum atomic E-state index is 0.0979. The van der Waals surface area contributed by atoms with Gasteiger partial charge in [-0.25, -0.2) is 4.98 Å². The van der Waals surface area contributed by atoms with E-state index in [0.717, 1.165) is 31.1 Å². The van der Waals surface area contributed by atoms with Crippen LogP contribution in [0.4, 0.5) is 5.82 Å². The molecule has 0 spiro atoms. The van der Waals surface area contributed by atoms with Crippen LogP contribution in [-0.4, -0.2) is 55.2 Å². The van der Waals surface area contributed by atoms with Crippen LogP contribution in [0.3, 0.4) is 0 Å². The standard InChI is InChI=1S/C14H17N7O/c1-11-7-13(21-14(18-11)15-10-17-21)19-5-6-22-12(8-19)9-20-4-2-3-16-20/h2-4,7,10,12H,5-6,8-9H2,1H3/t12-/m0/s1. The molecule has 0 aromatic carbocycles. The molecule has 0 N–H and O–H groups in total. The number of rotatable bonds is 3. The van der Waals surface area contributed by atoms with Crippen LogP contribution in [0.2, 0.25) is 0 Å². The molecular formula is C14H17N7O. The van der Waals surface area contributed by atoms with Crippen LogP contribution in [0.5, 0.6) is 0 Å². The Morgan fingerprint density at radius 2 is 2.32 bits per heavy atom. The summed E-state index contributed by atoms with van der Waals surface area (Å²) in [7, 11) is 0. The highest BCUT2D eigenvalue weighted by atomic mass is 16.5. The largest absolute Gasteiger partial charge is 0.373 e. The number of hydrogen-bond acceptors (Lipinski definition) is 6. The third-order valence-electron chi connectivity index (χ3n) is 3.77. The molecule has 1 aliphatic rings. The van der Waals surface area contributed by atoms with Gasteiger partial charge in [-0.05, 0) is 13.0 Å². The molecule has 1 saturated heterocycles. The summed E-state index contributed by atoms with van der Waals surface area (Å²) in [6.07, 6.45) is 5.37. The Morgan fingerprint density at radius 1 is 1.36 bits per heavy atom. The number of anilines is 1. The zero-order valence-corrected chi connectivity index (χ0v) is 12.3. The Hall–Kier alpha value is -2.48. The van der Waals surface area contributed by atoms with E-state index < -0.39 is 0 Å².